The zero-order valence-electron chi connectivity index (χ0n) is 14.5. The summed E-state index contributed by atoms with van der Waals surface area (Å²) in [5, 5.41) is 3.19. The van der Waals surface area contributed by atoms with Crippen molar-refractivity contribution in [3.05, 3.63) is 71.3 Å². The van der Waals surface area contributed by atoms with Crippen LogP contribution in [-0.2, 0) is 16.1 Å². The van der Waals surface area contributed by atoms with E-state index in [1.165, 1.54) is 7.11 Å². The molecule has 134 valence electrons. The number of carbonyl (C=O) groups excluding carboxylic acids is 3. The molecular formula is C20H20N2O4. The van der Waals surface area contributed by atoms with Gasteiger partial charge in [0, 0.05) is 19.6 Å². The van der Waals surface area contributed by atoms with Crippen molar-refractivity contribution < 1.29 is 19.1 Å². The van der Waals surface area contributed by atoms with Gasteiger partial charge in [0.2, 0.25) is 0 Å². The number of fused-ring (bicyclic) bond motifs is 1. The molecule has 1 atom stereocenters. The molecule has 2 aromatic rings. The highest BCUT2D eigenvalue weighted by atomic mass is 16.5. The highest BCUT2D eigenvalue weighted by molar-refractivity contribution is 6.21. The van der Waals surface area contributed by atoms with Gasteiger partial charge in [-0.25, -0.2) is 0 Å². The van der Waals surface area contributed by atoms with Gasteiger partial charge in [0.15, 0.2) is 0 Å². The molecule has 1 aliphatic heterocycles. The lowest BCUT2D eigenvalue weighted by Gasteiger charge is -2.21. The molecule has 0 aliphatic carbocycles. The third kappa shape index (κ3) is 3.65. The number of benzene rings is 2. The van der Waals surface area contributed by atoms with Gasteiger partial charge in [0.25, 0.3) is 11.8 Å². The first-order chi connectivity index (χ1) is 12.6. The van der Waals surface area contributed by atoms with Gasteiger partial charge in [-0.2, -0.15) is 0 Å². The minimum Gasteiger partial charge on any atom is -0.469 e. The minimum atomic E-state index is -0.633. The number of nitrogens with one attached hydrogen (secondary N) is 1. The molecule has 1 N–H and O–H groups in total. The third-order valence-corrected chi connectivity index (χ3v) is 4.38. The lowest BCUT2D eigenvalue weighted by molar-refractivity contribution is -0.145. The molecule has 0 radical (unpaired) electrons. The average Bonchev–Trinajstić information content (AvgIpc) is 2.92. The van der Waals surface area contributed by atoms with Crippen LogP contribution < -0.4 is 5.32 Å². The SMILES string of the molecule is COC(=O)C(CNCc1ccccc1)CN1C(=O)c2ccccc2C1=O. The van der Waals surface area contributed by atoms with E-state index in [0.717, 1.165) is 10.5 Å². The minimum absolute atomic E-state index is 0.0131. The maximum absolute atomic E-state index is 12.5. The second-order valence-corrected chi connectivity index (χ2v) is 6.10. The van der Waals surface area contributed by atoms with Crippen molar-refractivity contribution in [3.63, 3.8) is 0 Å². The standard InChI is InChI=1S/C20H20N2O4/c1-26-20(25)15(12-21-11-14-7-3-2-4-8-14)13-22-18(23)16-9-5-6-10-17(16)19(22)24/h2-10,15,21H,11-13H2,1H3. The van der Waals surface area contributed by atoms with Crippen molar-refractivity contribution in [3.8, 4) is 0 Å². The number of nitrogens with zero attached hydrogens (tertiary/aromatic N) is 1. The van der Waals surface area contributed by atoms with Gasteiger partial charge in [-0.05, 0) is 17.7 Å². The molecule has 1 unspecified atom stereocenters. The predicted octanol–water partition coefficient (Wildman–Crippen LogP) is 1.86. The quantitative estimate of drug-likeness (QED) is 0.608. The van der Waals surface area contributed by atoms with Crippen molar-refractivity contribution >= 4 is 17.8 Å². The van der Waals surface area contributed by atoms with E-state index in [9.17, 15) is 14.4 Å². The van der Waals surface area contributed by atoms with Crippen LogP contribution in [-0.4, -0.2) is 42.9 Å². The maximum atomic E-state index is 12.5. The highest BCUT2D eigenvalue weighted by Gasteiger charge is 2.37. The largest absolute Gasteiger partial charge is 0.469 e. The highest BCUT2D eigenvalue weighted by Crippen LogP contribution is 2.23. The van der Waals surface area contributed by atoms with E-state index in [0.29, 0.717) is 24.2 Å². The zero-order chi connectivity index (χ0) is 18.5. The van der Waals surface area contributed by atoms with Crippen LogP contribution in [0, 0.1) is 5.92 Å². The molecule has 0 saturated carbocycles. The van der Waals surface area contributed by atoms with Crippen LogP contribution in [0.1, 0.15) is 26.3 Å². The molecule has 2 aromatic carbocycles. The topological polar surface area (TPSA) is 75.7 Å². The van der Waals surface area contributed by atoms with E-state index in [1.54, 1.807) is 24.3 Å². The molecule has 0 bridgehead atoms. The van der Waals surface area contributed by atoms with Gasteiger partial charge < -0.3 is 10.1 Å². The van der Waals surface area contributed by atoms with Crippen molar-refractivity contribution in [2.45, 2.75) is 6.54 Å². The van der Waals surface area contributed by atoms with E-state index in [1.807, 2.05) is 30.3 Å². The number of methoxy groups -OCH3 is 1. The predicted molar refractivity (Wildman–Crippen MR) is 95.5 cm³/mol. The summed E-state index contributed by atoms with van der Waals surface area (Å²) in [6, 6.07) is 16.4. The van der Waals surface area contributed by atoms with E-state index >= 15 is 0 Å². The molecule has 0 fully saturated rings. The Morgan fingerprint density at radius 3 is 2.15 bits per heavy atom. The van der Waals surface area contributed by atoms with Crippen LogP contribution in [0.4, 0.5) is 0 Å². The Bertz CT molecular complexity index is 785. The summed E-state index contributed by atoms with van der Waals surface area (Å²) in [5.74, 6) is -1.84. The van der Waals surface area contributed by atoms with Crippen molar-refractivity contribution in [2.75, 3.05) is 20.2 Å². The van der Waals surface area contributed by atoms with Gasteiger partial charge in [0.1, 0.15) is 0 Å². The van der Waals surface area contributed by atoms with E-state index in [-0.39, 0.29) is 18.4 Å². The average molecular weight is 352 g/mol. The van der Waals surface area contributed by atoms with Crippen molar-refractivity contribution in [1.29, 1.82) is 0 Å². The Hall–Kier alpha value is -2.99. The van der Waals surface area contributed by atoms with Crippen LogP contribution in [0.2, 0.25) is 0 Å². The molecular weight excluding hydrogens is 332 g/mol. The molecule has 6 nitrogen and oxygen atoms in total. The molecule has 26 heavy (non-hydrogen) atoms. The maximum Gasteiger partial charge on any atom is 0.311 e. The van der Waals surface area contributed by atoms with Crippen molar-refractivity contribution in [1.82, 2.24) is 10.2 Å². The number of imide groups is 1. The van der Waals surface area contributed by atoms with Crippen LogP contribution in [0.5, 0.6) is 0 Å². The first-order valence-corrected chi connectivity index (χ1v) is 8.39. The summed E-state index contributed by atoms with van der Waals surface area (Å²) in [7, 11) is 1.30. The fourth-order valence-corrected chi connectivity index (χ4v) is 3.00. The van der Waals surface area contributed by atoms with E-state index < -0.39 is 11.9 Å². The van der Waals surface area contributed by atoms with E-state index in [2.05, 4.69) is 5.32 Å². The number of amides is 2. The number of hydrogen-bond donors (Lipinski definition) is 1. The molecule has 0 spiro atoms. The molecule has 6 heteroatoms. The van der Waals surface area contributed by atoms with Crippen LogP contribution in [0.25, 0.3) is 0 Å². The molecule has 2 amide bonds. The Labute approximate surface area is 151 Å². The molecule has 1 aliphatic rings. The molecule has 1 heterocycles. The van der Waals surface area contributed by atoms with Crippen LogP contribution in [0.15, 0.2) is 54.6 Å². The first kappa shape index (κ1) is 17.8. The van der Waals surface area contributed by atoms with Gasteiger partial charge in [-0.15, -0.1) is 0 Å². The Balaban J connectivity index is 1.66. The summed E-state index contributed by atoms with van der Waals surface area (Å²) >= 11 is 0. The monoisotopic (exact) mass is 352 g/mol. The molecule has 0 aromatic heterocycles. The number of carbonyl (C=O) groups is 3. The number of hydrogen-bond acceptors (Lipinski definition) is 5. The molecule has 3 rings (SSSR count). The number of esters is 1. The summed E-state index contributed by atoms with van der Waals surface area (Å²) in [6.07, 6.45) is 0. The Morgan fingerprint density at radius 1 is 1.00 bits per heavy atom. The second-order valence-electron chi connectivity index (χ2n) is 6.10. The summed E-state index contributed by atoms with van der Waals surface area (Å²) in [4.78, 5) is 38.2. The fraction of sp³-hybridized carbons (Fsp3) is 0.250. The smallest absolute Gasteiger partial charge is 0.311 e. The van der Waals surface area contributed by atoms with Gasteiger partial charge in [0.05, 0.1) is 24.2 Å². The lowest BCUT2D eigenvalue weighted by Crippen LogP contribution is -2.41. The summed E-state index contributed by atoms with van der Waals surface area (Å²) in [6.45, 7) is 0.867. The number of ether oxygens (including phenoxy) is 1. The summed E-state index contributed by atoms with van der Waals surface area (Å²) < 4.78 is 4.84. The van der Waals surface area contributed by atoms with Crippen LogP contribution in [0.3, 0.4) is 0 Å². The fourth-order valence-electron chi connectivity index (χ4n) is 3.00. The van der Waals surface area contributed by atoms with Crippen molar-refractivity contribution in [2.24, 2.45) is 5.92 Å². The van der Waals surface area contributed by atoms with E-state index in [4.69, 9.17) is 4.74 Å². The first-order valence-electron chi connectivity index (χ1n) is 8.39. The Kier molecular flexibility index (Phi) is 5.43. The van der Waals surface area contributed by atoms with Gasteiger partial charge in [-0.1, -0.05) is 42.5 Å². The normalized spacial score (nSPS) is 14.3. The Morgan fingerprint density at radius 2 is 1.58 bits per heavy atom. The number of rotatable bonds is 7. The zero-order valence-corrected chi connectivity index (χ0v) is 14.5. The van der Waals surface area contributed by atoms with Gasteiger partial charge >= 0.3 is 5.97 Å². The molecule has 0 saturated heterocycles. The summed E-state index contributed by atoms with van der Waals surface area (Å²) in [5.41, 5.74) is 1.83. The lowest BCUT2D eigenvalue weighted by atomic mass is 10.1. The second kappa shape index (κ2) is 7.93. The van der Waals surface area contributed by atoms with Crippen LogP contribution >= 0.6 is 0 Å². The van der Waals surface area contributed by atoms with Gasteiger partial charge in [-0.3, -0.25) is 19.3 Å². The third-order valence-electron chi connectivity index (χ3n) is 4.38.